The molecule has 0 aliphatic heterocycles. The molecule has 2 aliphatic rings. The van der Waals surface area contributed by atoms with Crippen molar-refractivity contribution in [2.75, 3.05) is 5.32 Å². The number of nitrogens with zero attached hydrogens (tertiary/aromatic N) is 4. The van der Waals surface area contributed by atoms with Gasteiger partial charge in [-0.25, -0.2) is 4.68 Å². The van der Waals surface area contributed by atoms with Crippen molar-refractivity contribution in [2.24, 2.45) is 0 Å². The Bertz CT molecular complexity index is 764. The van der Waals surface area contributed by atoms with Crippen LogP contribution in [0.1, 0.15) is 55.8 Å². The van der Waals surface area contributed by atoms with Crippen molar-refractivity contribution < 1.29 is 0 Å². The van der Waals surface area contributed by atoms with Crippen LogP contribution in [-0.2, 0) is 12.8 Å². The van der Waals surface area contributed by atoms with Gasteiger partial charge in [0.05, 0.1) is 11.7 Å². The molecular weight excluding hydrogens is 302 g/mol. The zero-order chi connectivity index (χ0) is 16.4. The molecule has 0 amide bonds. The Morgan fingerprint density at radius 1 is 1.08 bits per heavy atom. The van der Waals surface area contributed by atoms with Crippen LogP contribution in [-0.4, -0.2) is 26.0 Å². The second kappa shape index (κ2) is 6.71. The smallest absolute Gasteiger partial charge is 0.266 e. The molecule has 0 bridgehead atoms. The molecule has 1 fully saturated rings. The van der Waals surface area contributed by atoms with Gasteiger partial charge in [0.25, 0.3) is 5.56 Å². The van der Waals surface area contributed by atoms with Crippen LogP contribution in [0, 0.1) is 0 Å². The van der Waals surface area contributed by atoms with E-state index in [1.54, 1.807) is 23.0 Å². The second-order valence-electron chi connectivity index (χ2n) is 6.86. The third-order valence-electron chi connectivity index (χ3n) is 5.21. The Kier molecular flexibility index (Phi) is 4.28. The van der Waals surface area contributed by atoms with Crippen LogP contribution in [0.15, 0.2) is 29.2 Å². The van der Waals surface area contributed by atoms with E-state index >= 15 is 0 Å². The Balaban J connectivity index is 1.38. The molecule has 2 heterocycles. The van der Waals surface area contributed by atoms with Gasteiger partial charge in [0.1, 0.15) is 5.82 Å². The van der Waals surface area contributed by atoms with E-state index in [0.29, 0.717) is 6.04 Å². The number of nitrogens with one attached hydrogen (secondary N) is 1. The zero-order valence-corrected chi connectivity index (χ0v) is 13.8. The molecule has 0 aromatic carbocycles. The van der Waals surface area contributed by atoms with E-state index in [-0.39, 0.29) is 11.6 Å². The van der Waals surface area contributed by atoms with Gasteiger partial charge in [-0.05, 0) is 69.1 Å². The topological polar surface area (TPSA) is 72.7 Å². The number of aryl methyl sites for hydroxylation is 2. The fourth-order valence-electron chi connectivity index (χ4n) is 3.88. The summed E-state index contributed by atoms with van der Waals surface area (Å²) >= 11 is 0. The average Bonchev–Trinajstić information content (AvgIpc) is 2.63. The molecule has 0 saturated heterocycles. The Morgan fingerprint density at radius 3 is 2.75 bits per heavy atom. The molecule has 0 unspecified atom stereocenters. The summed E-state index contributed by atoms with van der Waals surface area (Å²) in [6, 6.07) is 6.07. The maximum absolute atomic E-state index is 11.9. The van der Waals surface area contributed by atoms with Crippen LogP contribution in [0.2, 0.25) is 0 Å². The summed E-state index contributed by atoms with van der Waals surface area (Å²) in [6.07, 6.45) is 10.3. The Labute approximate surface area is 141 Å². The number of aromatic nitrogens is 4. The summed E-state index contributed by atoms with van der Waals surface area (Å²) in [4.78, 5) is 11.9. The molecule has 0 radical (unpaired) electrons. The summed E-state index contributed by atoms with van der Waals surface area (Å²) < 4.78 is 1.63. The van der Waals surface area contributed by atoms with Crippen molar-refractivity contribution >= 4 is 5.82 Å². The van der Waals surface area contributed by atoms with E-state index < -0.39 is 0 Å². The van der Waals surface area contributed by atoms with Crippen LogP contribution in [0.4, 0.5) is 5.82 Å². The van der Waals surface area contributed by atoms with Gasteiger partial charge in [0.15, 0.2) is 0 Å². The first-order valence-corrected chi connectivity index (χ1v) is 8.95. The quantitative estimate of drug-likeness (QED) is 0.939. The molecule has 24 heavy (non-hydrogen) atoms. The van der Waals surface area contributed by atoms with Crippen molar-refractivity contribution in [3.63, 3.8) is 0 Å². The highest BCUT2D eigenvalue weighted by atomic mass is 16.1. The minimum Gasteiger partial charge on any atom is -0.366 e. The second-order valence-corrected chi connectivity index (χ2v) is 6.86. The van der Waals surface area contributed by atoms with Crippen LogP contribution in [0.25, 0.3) is 0 Å². The number of rotatable bonds is 3. The molecule has 2 aromatic heterocycles. The fraction of sp³-hybridized carbons (Fsp3) is 0.556. The van der Waals surface area contributed by atoms with E-state index in [0.717, 1.165) is 44.3 Å². The van der Waals surface area contributed by atoms with Crippen LogP contribution in [0.3, 0.4) is 0 Å². The van der Waals surface area contributed by atoms with Gasteiger partial charge in [-0.15, -0.1) is 5.10 Å². The van der Waals surface area contributed by atoms with Gasteiger partial charge < -0.3 is 5.32 Å². The fourth-order valence-corrected chi connectivity index (χ4v) is 3.88. The molecule has 4 rings (SSSR count). The first-order chi connectivity index (χ1) is 11.8. The highest BCUT2D eigenvalue weighted by molar-refractivity contribution is 5.40. The van der Waals surface area contributed by atoms with E-state index in [2.05, 4.69) is 26.7 Å². The SMILES string of the molecule is O=c1cccnn1C1CCC(Nc2cc3c(nn2)CCCC3)CC1. The first kappa shape index (κ1) is 15.3. The number of hydrogen-bond donors (Lipinski definition) is 1. The standard InChI is InChI=1S/C18H23N5O/c24-18-6-3-11-19-23(18)15-9-7-14(8-10-15)20-17-12-13-4-1-2-5-16(13)21-22-17/h3,6,11-12,14-15H,1-2,4-5,7-10H2,(H,20,22). The number of fused-ring (bicyclic) bond motifs is 1. The lowest BCUT2D eigenvalue weighted by molar-refractivity contribution is 0.303. The predicted octanol–water partition coefficient (Wildman–Crippen LogP) is 2.51. The molecular formula is C18H23N5O. The van der Waals surface area contributed by atoms with Crippen LogP contribution in [0.5, 0.6) is 0 Å². The van der Waals surface area contributed by atoms with Crippen LogP contribution < -0.4 is 10.9 Å². The monoisotopic (exact) mass is 325 g/mol. The number of hydrogen-bond acceptors (Lipinski definition) is 5. The minimum absolute atomic E-state index is 0.00513. The average molecular weight is 325 g/mol. The predicted molar refractivity (Wildman–Crippen MR) is 92.1 cm³/mol. The highest BCUT2D eigenvalue weighted by Gasteiger charge is 2.24. The summed E-state index contributed by atoms with van der Waals surface area (Å²) in [7, 11) is 0. The largest absolute Gasteiger partial charge is 0.366 e. The lowest BCUT2D eigenvalue weighted by Crippen LogP contribution is -2.33. The third-order valence-corrected chi connectivity index (χ3v) is 5.21. The summed E-state index contributed by atoms with van der Waals surface area (Å²) in [6.45, 7) is 0. The van der Waals surface area contributed by atoms with Crippen molar-refractivity contribution in [2.45, 2.75) is 63.5 Å². The lowest BCUT2D eigenvalue weighted by Gasteiger charge is -2.29. The molecule has 6 heteroatoms. The van der Waals surface area contributed by atoms with Crippen molar-refractivity contribution in [3.8, 4) is 0 Å². The third kappa shape index (κ3) is 3.18. The Hall–Kier alpha value is -2.24. The molecule has 126 valence electrons. The molecule has 2 aromatic rings. The van der Waals surface area contributed by atoms with Crippen molar-refractivity contribution in [1.29, 1.82) is 0 Å². The first-order valence-electron chi connectivity index (χ1n) is 8.95. The van der Waals surface area contributed by atoms with E-state index in [4.69, 9.17) is 0 Å². The maximum Gasteiger partial charge on any atom is 0.266 e. The summed E-state index contributed by atoms with van der Waals surface area (Å²) in [5, 5.41) is 16.5. The van der Waals surface area contributed by atoms with E-state index in [9.17, 15) is 4.79 Å². The van der Waals surface area contributed by atoms with Gasteiger partial charge in [0, 0.05) is 18.3 Å². The molecule has 1 saturated carbocycles. The molecule has 2 aliphatic carbocycles. The van der Waals surface area contributed by atoms with E-state index in [1.807, 2.05) is 0 Å². The maximum atomic E-state index is 11.9. The van der Waals surface area contributed by atoms with Crippen molar-refractivity contribution in [1.82, 2.24) is 20.0 Å². The van der Waals surface area contributed by atoms with Gasteiger partial charge in [-0.2, -0.15) is 10.2 Å². The van der Waals surface area contributed by atoms with Gasteiger partial charge in [-0.3, -0.25) is 4.79 Å². The van der Waals surface area contributed by atoms with Gasteiger partial charge >= 0.3 is 0 Å². The van der Waals surface area contributed by atoms with Gasteiger partial charge in [-0.1, -0.05) is 0 Å². The molecule has 0 spiro atoms. The van der Waals surface area contributed by atoms with Gasteiger partial charge in [0.2, 0.25) is 0 Å². The number of anilines is 1. The zero-order valence-electron chi connectivity index (χ0n) is 13.8. The molecule has 0 atom stereocenters. The summed E-state index contributed by atoms with van der Waals surface area (Å²) in [5.74, 6) is 0.897. The highest BCUT2D eigenvalue weighted by Crippen LogP contribution is 2.29. The van der Waals surface area contributed by atoms with Crippen molar-refractivity contribution in [3.05, 3.63) is 46.0 Å². The molecule has 1 N–H and O–H groups in total. The minimum atomic E-state index is -0.00513. The Morgan fingerprint density at radius 2 is 1.92 bits per heavy atom. The van der Waals surface area contributed by atoms with Crippen LogP contribution >= 0.6 is 0 Å². The normalized spacial score (nSPS) is 23.5. The van der Waals surface area contributed by atoms with E-state index in [1.165, 1.54) is 24.1 Å². The summed E-state index contributed by atoms with van der Waals surface area (Å²) in [5.41, 5.74) is 2.52. The lowest BCUT2D eigenvalue weighted by atomic mass is 9.91. The molecule has 6 nitrogen and oxygen atoms in total.